The van der Waals surface area contributed by atoms with Gasteiger partial charge in [-0.3, -0.25) is 9.59 Å². The summed E-state index contributed by atoms with van der Waals surface area (Å²) >= 11 is 12.2. The minimum atomic E-state index is -4.54. The lowest BCUT2D eigenvalue weighted by Crippen LogP contribution is -2.38. The average Bonchev–Trinajstić information content (AvgIpc) is 2.50. The lowest BCUT2D eigenvalue weighted by atomic mass is 9.72. The van der Waals surface area contributed by atoms with Crippen molar-refractivity contribution in [3.05, 3.63) is 69.2 Å². The lowest BCUT2D eigenvalue weighted by molar-refractivity contribution is -0.137. The third-order valence-corrected chi connectivity index (χ3v) is 4.29. The van der Waals surface area contributed by atoms with Gasteiger partial charge in [0, 0.05) is 15.6 Å². The van der Waals surface area contributed by atoms with Crippen molar-refractivity contribution in [2.45, 2.75) is 18.5 Å². The van der Waals surface area contributed by atoms with E-state index < -0.39 is 22.9 Å². The number of hydrogen-bond acceptors (Lipinski definition) is 2. The molecule has 0 aliphatic heterocycles. The Balaban J connectivity index is 2.75. The summed E-state index contributed by atoms with van der Waals surface area (Å²) in [6.07, 6.45) is -2.90. The number of rotatable bonds is 4. The third-order valence-electron chi connectivity index (χ3n) is 3.66. The first-order chi connectivity index (χ1) is 11.1. The van der Waals surface area contributed by atoms with Crippen molar-refractivity contribution in [3.8, 4) is 0 Å². The normalized spacial score (nSPS) is 14.1. The Kier molecular flexibility index (Phi) is 5.06. The highest BCUT2D eigenvalue weighted by atomic mass is 35.5. The molecule has 0 amide bonds. The molecule has 2 aromatic carbocycles. The van der Waals surface area contributed by atoms with Crippen LogP contribution in [0.15, 0.2) is 42.5 Å². The van der Waals surface area contributed by atoms with E-state index in [9.17, 15) is 22.8 Å². The van der Waals surface area contributed by atoms with Crippen LogP contribution in [-0.4, -0.2) is 12.1 Å². The monoisotopic (exact) mass is 373 g/mol. The number of carbonyl (C=O) groups excluding carboxylic acids is 2. The summed E-state index contributed by atoms with van der Waals surface area (Å²) < 4.78 is 38.2. The number of alkyl halides is 3. The quantitative estimate of drug-likeness (QED) is 0.706. The van der Waals surface area contributed by atoms with Crippen molar-refractivity contribution >= 4 is 35.3 Å². The maximum absolute atomic E-state index is 12.7. The molecule has 0 saturated carbocycles. The molecule has 7 heteroatoms. The van der Waals surface area contributed by atoms with Crippen LogP contribution in [0.25, 0.3) is 0 Å². The van der Waals surface area contributed by atoms with Crippen LogP contribution in [0.1, 0.15) is 23.6 Å². The molecular weight excluding hydrogens is 364 g/mol. The van der Waals surface area contributed by atoms with Crippen molar-refractivity contribution in [2.75, 3.05) is 0 Å². The summed E-state index contributed by atoms with van der Waals surface area (Å²) in [4.78, 5) is 24.1. The standard InChI is InChI=1S/C17H10Cl2F3O2/c1-10(24)16(9-23,15-13(18)3-2-4-14(15)19)11-5-7-12(8-6-11)17(20,21)22/h2-8H,1H3. The third kappa shape index (κ3) is 3.06. The van der Waals surface area contributed by atoms with E-state index in [1.807, 2.05) is 0 Å². The molecule has 2 rings (SSSR count). The van der Waals surface area contributed by atoms with E-state index in [0.717, 1.165) is 31.2 Å². The Hall–Kier alpha value is -1.85. The summed E-state index contributed by atoms with van der Waals surface area (Å²) in [5, 5.41) is 0.0851. The predicted octanol–water partition coefficient (Wildman–Crippen LogP) is 5.00. The van der Waals surface area contributed by atoms with Crippen LogP contribution >= 0.6 is 23.2 Å². The van der Waals surface area contributed by atoms with Gasteiger partial charge in [-0.1, -0.05) is 41.4 Å². The molecule has 0 bridgehead atoms. The summed E-state index contributed by atoms with van der Waals surface area (Å²) in [5.41, 5.74) is -2.90. The van der Waals surface area contributed by atoms with Crippen LogP contribution in [0, 0.1) is 0 Å². The summed E-state index contributed by atoms with van der Waals surface area (Å²) in [6, 6.07) is 8.06. The fraction of sp³-hybridized carbons (Fsp3) is 0.176. The predicted molar refractivity (Wildman–Crippen MR) is 85.1 cm³/mol. The Labute approximate surface area is 146 Å². The van der Waals surface area contributed by atoms with Gasteiger partial charge in [0.25, 0.3) is 0 Å². The van der Waals surface area contributed by atoms with Gasteiger partial charge in [-0.25, -0.2) is 0 Å². The zero-order valence-corrected chi connectivity index (χ0v) is 13.8. The highest BCUT2D eigenvalue weighted by Crippen LogP contribution is 2.41. The van der Waals surface area contributed by atoms with Gasteiger partial charge in [0.1, 0.15) is 5.41 Å². The zero-order chi connectivity index (χ0) is 18.1. The fourth-order valence-corrected chi connectivity index (χ4v) is 3.15. The minimum absolute atomic E-state index is 0.00408. The van der Waals surface area contributed by atoms with E-state index in [1.165, 1.54) is 18.2 Å². The van der Waals surface area contributed by atoms with E-state index >= 15 is 0 Å². The van der Waals surface area contributed by atoms with E-state index in [-0.39, 0.29) is 21.2 Å². The van der Waals surface area contributed by atoms with E-state index in [0.29, 0.717) is 0 Å². The molecular formula is C17H10Cl2F3O2. The van der Waals surface area contributed by atoms with Crippen LogP contribution < -0.4 is 0 Å². The van der Waals surface area contributed by atoms with Crippen LogP contribution in [0.2, 0.25) is 10.0 Å². The first-order valence-electron chi connectivity index (χ1n) is 6.67. The van der Waals surface area contributed by atoms with Crippen molar-refractivity contribution in [2.24, 2.45) is 0 Å². The lowest BCUT2D eigenvalue weighted by Gasteiger charge is -2.27. The number of ketones is 1. The molecule has 0 N–H and O–H groups in total. The zero-order valence-electron chi connectivity index (χ0n) is 12.2. The van der Waals surface area contributed by atoms with E-state index in [4.69, 9.17) is 23.2 Å². The molecule has 2 nitrogen and oxygen atoms in total. The van der Waals surface area contributed by atoms with Gasteiger partial charge in [0.2, 0.25) is 6.29 Å². The summed E-state index contributed by atoms with van der Waals surface area (Å²) in [5.74, 6) is -0.660. The first-order valence-corrected chi connectivity index (χ1v) is 7.42. The molecule has 2 aromatic rings. The smallest absolute Gasteiger partial charge is 0.298 e. The van der Waals surface area contributed by atoms with Crippen LogP contribution in [0.3, 0.4) is 0 Å². The van der Waals surface area contributed by atoms with Crippen molar-refractivity contribution in [1.82, 2.24) is 0 Å². The number of carbonyl (C=O) groups is 1. The van der Waals surface area contributed by atoms with Crippen LogP contribution in [-0.2, 0) is 21.2 Å². The number of halogens is 5. The van der Waals surface area contributed by atoms with Gasteiger partial charge in [-0.2, -0.15) is 13.2 Å². The molecule has 1 radical (unpaired) electrons. The maximum Gasteiger partial charge on any atom is 0.416 e. The molecule has 0 fully saturated rings. The first kappa shape index (κ1) is 18.5. The van der Waals surface area contributed by atoms with Gasteiger partial charge in [-0.15, -0.1) is 0 Å². The molecule has 1 unspecified atom stereocenters. The van der Waals surface area contributed by atoms with Crippen LogP contribution in [0.4, 0.5) is 13.2 Å². The average molecular weight is 374 g/mol. The molecule has 24 heavy (non-hydrogen) atoms. The second-order valence-corrected chi connectivity index (χ2v) is 5.89. The highest BCUT2D eigenvalue weighted by Gasteiger charge is 2.44. The molecule has 0 aliphatic carbocycles. The fourth-order valence-electron chi connectivity index (χ4n) is 2.47. The van der Waals surface area contributed by atoms with Crippen molar-refractivity contribution < 1.29 is 22.8 Å². The largest absolute Gasteiger partial charge is 0.416 e. The Morgan fingerprint density at radius 1 is 0.958 bits per heavy atom. The molecule has 0 spiro atoms. The molecule has 0 saturated heterocycles. The van der Waals surface area contributed by atoms with E-state index in [2.05, 4.69) is 0 Å². The number of Topliss-reactive ketones (excluding diaryl/α,β-unsaturated/α-hetero) is 1. The second kappa shape index (κ2) is 6.57. The molecule has 1 atom stereocenters. The van der Waals surface area contributed by atoms with Gasteiger partial charge in [0.15, 0.2) is 5.78 Å². The Morgan fingerprint density at radius 2 is 1.42 bits per heavy atom. The topological polar surface area (TPSA) is 34.1 Å². The molecule has 125 valence electrons. The SMILES string of the molecule is CC(=O)C([C]=O)(c1ccc(C(F)(F)F)cc1)c1c(Cl)cccc1Cl. The van der Waals surface area contributed by atoms with Gasteiger partial charge < -0.3 is 0 Å². The summed E-state index contributed by atoms with van der Waals surface area (Å²) in [7, 11) is 0. The molecule has 0 aliphatic rings. The number of benzene rings is 2. The maximum atomic E-state index is 12.7. The van der Waals surface area contributed by atoms with Crippen molar-refractivity contribution in [3.63, 3.8) is 0 Å². The van der Waals surface area contributed by atoms with Gasteiger partial charge in [0.05, 0.1) is 5.56 Å². The van der Waals surface area contributed by atoms with Gasteiger partial charge >= 0.3 is 6.18 Å². The van der Waals surface area contributed by atoms with Crippen LogP contribution in [0.5, 0.6) is 0 Å². The second-order valence-electron chi connectivity index (χ2n) is 5.08. The molecule has 0 aromatic heterocycles. The van der Waals surface area contributed by atoms with E-state index in [1.54, 1.807) is 6.29 Å². The highest BCUT2D eigenvalue weighted by molar-refractivity contribution is 6.37. The molecule has 0 heterocycles. The minimum Gasteiger partial charge on any atom is -0.298 e. The Morgan fingerprint density at radius 3 is 1.79 bits per heavy atom. The van der Waals surface area contributed by atoms with Gasteiger partial charge in [-0.05, 0) is 36.8 Å². The Bertz CT molecular complexity index is 765. The number of hydrogen-bond donors (Lipinski definition) is 0. The summed E-state index contributed by atoms with van der Waals surface area (Å²) in [6.45, 7) is 1.13. The van der Waals surface area contributed by atoms with Crippen molar-refractivity contribution in [1.29, 1.82) is 0 Å².